The van der Waals surface area contributed by atoms with Gasteiger partial charge in [0.25, 0.3) is 0 Å². The molecule has 1 heterocycles. The number of fused-ring (bicyclic) bond motifs is 1. The number of hydrogen-bond acceptors (Lipinski definition) is 3. The molecule has 80 valence electrons. The molecule has 3 nitrogen and oxygen atoms in total. The molecular weight excluding hydrogens is 190 g/mol. The van der Waals surface area contributed by atoms with Crippen LogP contribution in [0, 0.1) is 0 Å². The molecule has 1 aromatic carbocycles. The van der Waals surface area contributed by atoms with Gasteiger partial charge in [-0.2, -0.15) is 0 Å². The van der Waals surface area contributed by atoms with E-state index < -0.39 is 0 Å². The molecule has 0 radical (unpaired) electrons. The topological polar surface area (TPSA) is 30.5 Å². The summed E-state index contributed by atoms with van der Waals surface area (Å²) in [6, 6.07) is 6.02. The van der Waals surface area contributed by atoms with Crippen molar-refractivity contribution >= 4 is 0 Å². The average Bonchev–Trinajstić information content (AvgIpc) is 2.29. The van der Waals surface area contributed by atoms with E-state index in [9.17, 15) is 0 Å². The Morgan fingerprint density at radius 1 is 1.27 bits per heavy atom. The standard InChI is InChI=1S/C12H15NO2/c1-2-5-13-9-10-3-4-11-12(8-10)15-7-6-14-11/h2-4,8,13H,1,5-7,9H2. The van der Waals surface area contributed by atoms with Crippen LogP contribution in [0.5, 0.6) is 11.5 Å². The molecule has 3 heteroatoms. The summed E-state index contributed by atoms with van der Waals surface area (Å²) >= 11 is 0. The minimum Gasteiger partial charge on any atom is -0.486 e. The highest BCUT2D eigenvalue weighted by atomic mass is 16.6. The number of hydrogen-bond donors (Lipinski definition) is 1. The third-order valence-electron chi connectivity index (χ3n) is 2.22. The number of ether oxygens (including phenoxy) is 2. The average molecular weight is 205 g/mol. The third kappa shape index (κ3) is 2.50. The summed E-state index contributed by atoms with van der Waals surface area (Å²) in [5.74, 6) is 1.69. The van der Waals surface area contributed by atoms with E-state index in [0.717, 1.165) is 24.6 Å². The second kappa shape index (κ2) is 4.84. The van der Waals surface area contributed by atoms with Crippen LogP contribution in [0.2, 0.25) is 0 Å². The molecule has 0 saturated carbocycles. The Balaban J connectivity index is 2.03. The molecule has 0 bridgehead atoms. The van der Waals surface area contributed by atoms with Crippen molar-refractivity contribution in [1.82, 2.24) is 5.32 Å². The molecule has 0 aliphatic carbocycles. The smallest absolute Gasteiger partial charge is 0.161 e. The first kappa shape index (κ1) is 10.1. The molecule has 0 saturated heterocycles. The summed E-state index contributed by atoms with van der Waals surface area (Å²) in [4.78, 5) is 0. The minimum atomic E-state index is 0.635. The maximum absolute atomic E-state index is 5.50. The van der Waals surface area contributed by atoms with Gasteiger partial charge >= 0.3 is 0 Å². The van der Waals surface area contributed by atoms with E-state index in [4.69, 9.17) is 9.47 Å². The molecule has 0 spiro atoms. The normalized spacial score (nSPS) is 13.6. The van der Waals surface area contributed by atoms with Crippen LogP contribution in [-0.2, 0) is 6.54 Å². The van der Waals surface area contributed by atoms with Gasteiger partial charge in [-0.15, -0.1) is 6.58 Å². The van der Waals surface area contributed by atoms with Crippen molar-refractivity contribution in [1.29, 1.82) is 0 Å². The quantitative estimate of drug-likeness (QED) is 0.600. The van der Waals surface area contributed by atoms with E-state index in [1.807, 2.05) is 24.3 Å². The van der Waals surface area contributed by atoms with E-state index in [-0.39, 0.29) is 0 Å². The summed E-state index contributed by atoms with van der Waals surface area (Å²) < 4.78 is 10.9. The van der Waals surface area contributed by atoms with Gasteiger partial charge in [-0.25, -0.2) is 0 Å². The zero-order valence-electron chi connectivity index (χ0n) is 8.66. The lowest BCUT2D eigenvalue weighted by atomic mass is 10.2. The highest BCUT2D eigenvalue weighted by Gasteiger charge is 2.10. The fourth-order valence-corrected chi connectivity index (χ4v) is 1.52. The molecule has 1 aliphatic heterocycles. The molecule has 0 fully saturated rings. The molecule has 2 rings (SSSR count). The van der Waals surface area contributed by atoms with E-state index in [1.54, 1.807) is 0 Å². The fourth-order valence-electron chi connectivity index (χ4n) is 1.52. The summed E-state index contributed by atoms with van der Waals surface area (Å²) in [6.45, 7) is 6.57. The molecule has 0 unspecified atom stereocenters. The second-order valence-electron chi connectivity index (χ2n) is 3.40. The molecular formula is C12H15NO2. The first-order valence-electron chi connectivity index (χ1n) is 5.10. The van der Waals surface area contributed by atoms with Crippen LogP contribution in [0.3, 0.4) is 0 Å². The Kier molecular flexibility index (Phi) is 3.25. The Hall–Kier alpha value is -1.48. The van der Waals surface area contributed by atoms with Gasteiger partial charge in [-0.05, 0) is 17.7 Å². The lowest BCUT2D eigenvalue weighted by Gasteiger charge is -2.18. The van der Waals surface area contributed by atoms with Crippen molar-refractivity contribution in [2.75, 3.05) is 19.8 Å². The maximum atomic E-state index is 5.50. The highest BCUT2D eigenvalue weighted by Crippen LogP contribution is 2.30. The summed E-state index contributed by atoms with van der Waals surface area (Å²) in [5.41, 5.74) is 1.20. The molecule has 0 atom stereocenters. The van der Waals surface area contributed by atoms with Crippen molar-refractivity contribution in [3.8, 4) is 11.5 Å². The van der Waals surface area contributed by atoms with Crippen molar-refractivity contribution in [3.05, 3.63) is 36.4 Å². The monoisotopic (exact) mass is 205 g/mol. The van der Waals surface area contributed by atoms with Gasteiger partial charge in [0.05, 0.1) is 0 Å². The van der Waals surface area contributed by atoms with Crippen molar-refractivity contribution in [3.63, 3.8) is 0 Å². The second-order valence-corrected chi connectivity index (χ2v) is 3.40. The van der Waals surface area contributed by atoms with Crippen LogP contribution in [0.25, 0.3) is 0 Å². The van der Waals surface area contributed by atoms with E-state index in [2.05, 4.69) is 11.9 Å². The van der Waals surface area contributed by atoms with E-state index in [1.165, 1.54) is 5.56 Å². The fraction of sp³-hybridized carbons (Fsp3) is 0.333. The molecule has 1 N–H and O–H groups in total. The molecule has 0 amide bonds. The summed E-state index contributed by atoms with van der Waals surface area (Å²) in [6.07, 6.45) is 1.85. The SMILES string of the molecule is C=CCNCc1ccc2c(c1)OCCO2. The van der Waals surface area contributed by atoms with Gasteiger partial charge < -0.3 is 14.8 Å². The van der Waals surface area contributed by atoms with Crippen LogP contribution in [0.4, 0.5) is 0 Å². The zero-order chi connectivity index (χ0) is 10.5. The number of rotatable bonds is 4. The Labute approximate surface area is 89.7 Å². The molecule has 1 aromatic rings. The Morgan fingerprint density at radius 3 is 2.87 bits per heavy atom. The van der Waals surface area contributed by atoms with Crippen LogP contribution in [-0.4, -0.2) is 19.8 Å². The third-order valence-corrected chi connectivity index (χ3v) is 2.22. The van der Waals surface area contributed by atoms with Gasteiger partial charge in [0, 0.05) is 13.1 Å². The van der Waals surface area contributed by atoms with Crippen molar-refractivity contribution < 1.29 is 9.47 Å². The summed E-state index contributed by atoms with van der Waals surface area (Å²) in [5, 5.41) is 3.24. The molecule has 1 aliphatic rings. The van der Waals surface area contributed by atoms with Crippen LogP contribution in [0.15, 0.2) is 30.9 Å². The largest absolute Gasteiger partial charge is 0.486 e. The predicted octanol–water partition coefficient (Wildman–Crippen LogP) is 1.73. The first-order chi connectivity index (χ1) is 7.40. The predicted molar refractivity (Wildman–Crippen MR) is 59.3 cm³/mol. The molecule has 15 heavy (non-hydrogen) atoms. The highest BCUT2D eigenvalue weighted by molar-refractivity contribution is 5.43. The van der Waals surface area contributed by atoms with Crippen molar-refractivity contribution in [2.24, 2.45) is 0 Å². The lowest BCUT2D eigenvalue weighted by molar-refractivity contribution is 0.171. The van der Waals surface area contributed by atoms with Gasteiger partial charge in [0.1, 0.15) is 13.2 Å². The number of benzene rings is 1. The Morgan fingerprint density at radius 2 is 2.07 bits per heavy atom. The zero-order valence-corrected chi connectivity index (χ0v) is 8.66. The van der Waals surface area contributed by atoms with Crippen LogP contribution >= 0.6 is 0 Å². The first-order valence-corrected chi connectivity index (χ1v) is 5.10. The molecule has 0 aromatic heterocycles. The van der Waals surface area contributed by atoms with Crippen molar-refractivity contribution in [2.45, 2.75) is 6.54 Å². The summed E-state index contributed by atoms with van der Waals surface area (Å²) in [7, 11) is 0. The van der Waals surface area contributed by atoms with Gasteiger partial charge in [0.2, 0.25) is 0 Å². The minimum absolute atomic E-state index is 0.635. The van der Waals surface area contributed by atoms with Gasteiger partial charge in [0.15, 0.2) is 11.5 Å². The van der Waals surface area contributed by atoms with E-state index in [0.29, 0.717) is 13.2 Å². The van der Waals surface area contributed by atoms with E-state index >= 15 is 0 Å². The Bertz CT molecular complexity index is 349. The van der Waals surface area contributed by atoms with Crippen LogP contribution in [0.1, 0.15) is 5.56 Å². The van der Waals surface area contributed by atoms with Gasteiger partial charge in [-0.3, -0.25) is 0 Å². The number of nitrogens with one attached hydrogen (secondary N) is 1. The lowest BCUT2D eigenvalue weighted by Crippen LogP contribution is -2.16. The van der Waals surface area contributed by atoms with Crippen LogP contribution < -0.4 is 14.8 Å². The van der Waals surface area contributed by atoms with Gasteiger partial charge in [-0.1, -0.05) is 12.1 Å². The maximum Gasteiger partial charge on any atom is 0.161 e.